The summed E-state index contributed by atoms with van der Waals surface area (Å²) in [4.78, 5) is 30.8. The number of hydrogen-bond donors (Lipinski definition) is 4. The third-order valence-electron chi connectivity index (χ3n) is 4.71. The monoisotopic (exact) mass is 404 g/mol. The molecule has 0 unspecified atom stereocenters. The molecule has 1 fully saturated rings. The van der Waals surface area contributed by atoms with E-state index in [-0.39, 0.29) is 24.4 Å². The van der Waals surface area contributed by atoms with Gasteiger partial charge in [-0.3, -0.25) is 19.9 Å². The summed E-state index contributed by atoms with van der Waals surface area (Å²) >= 11 is 0. The number of nitrogens with zero attached hydrogens (tertiary/aromatic N) is 2. The number of guanidine groups is 1. The lowest BCUT2D eigenvalue weighted by Crippen LogP contribution is -2.54. The van der Waals surface area contributed by atoms with Gasteiger partial charge in [-0.15, -0.1) is 0 Å². The van der Waals surface area contributed by atoms with Gasteiger partial charge in [-0.2, -0.15) is 0 Å². The molecule has 2 atom stereocenters. The molecule has 0 saturated carbocycles. The highest BCUT2D eigenvalue weighted by Gasteiger charge is 2.36. The normalized spacial score (nSPS) is 17.9. The molecule has 1 saturated heterocycles. The van der Waals surface area contributed by atoms with Crippen LogP contribution in [-0.2, 0) is 20.9 Å². The maximum Gasteiger partial charge on any atom is 0.249 e. The molecule has 1 aliphatic rings. The molecular weight excluding hydrogens is 372 g/mol. The first kappa shape index (κ1) is 22.8. The minimum absolute atomic E-state index is 0.0572. The van der Waals surface area contributed by atoms with Crippen LogP contribution in [0.15, 0.2) is 35.3 Å². The number of aliphatic imine (C=N–C) groups is 1. The van der Waals surface area contributed by atoms with Gasteiger partial charge in [0.15, 0.2) is 5.96 Å². The van der Waals surface area contributed by atoms with Crippen molar-refractivity contribution in [2.75, 3.05) is 26.2 Å². The van der Waals surface area contributed by atoms with Crippen molar-refractivity contribution in [1.82, 2.24) is 10.2 Å². The Hall–Kier alpha value is -2.49. The van der Waals surface area contributed by atoms with E-state index in [1.807, 2.05) is 30.3 Å². The molecule has 1 aliphatic heterocycles. The van der Waals surface area contributed by atoms with Crippen molar-refractivity contribution in [3.8, 4) is 0 Å². The highest BCUT2D eigenvalue weighted by molar-refractivity contribution is 6.00. The van der Waals surface area contributed by atoms with Crippen LogP contribution in [0.1, 0.15) is 31.2 Å². The van der Waals surface area contributed by atoms with Gasteiger partial charge < -0.3 is 26.8 Å². The lowest BCUT2D eigenvalue weighted by molar-refractivity contribution is -0.140. The largest absolute Gasteiger partial charge is 0.375 e. The average Bonchev–Trinajstić information content (AvgIpc) is 3.21. The molecule has 9 nitrogen and oxygen atoms in total. The van der Waals surface area contributed by atoms with E-state index in [1.54, 1.807) is 0 Å². The predicted octanol–water partition coefficient (Wildman–Crippen LogP) is -0.309. The standard InChI is InChI=1S/C20H32N6O3/c21-10-4-5-11-24-20(23)25-18(27)17-9-6-12-26(17)19(28)16(22)14-29-13-15-7-2-1-3-8-15/h1-3,7-8,16-17H,4-6,9-14,21-22H2,(H3,23,24,25,27)/t16-,17+/m1/s1. The summed E-state index contributed by atoms with van der Waals surface area (Å²) in [6.07, 6.45) is 2.95. The van der Waals surface area contributed by atoms with E-state index in [0.717, 1.165) is 24.8 Å². The lowest BCUT2D eigenvalue weighted by Gasteiger charge is -2.26. The molecule has 0 radical (unpaired) electrons. The number of carbonyl (C=O) groups excluding carboxylic acids is 2. The Balaban J connectivity index is 1.81. The molecular formula is C20H32N6O3. The van der Waals surface area contributed by atoms with Crippen LogP contribution in [0.3, 0.4) is 0 Å². The molecule has 1 heterocycles. The van der Waals surface area contributed by atoms with Crippen molar-refractivity contribution in [2.24, 2.45) is 22.2 Å². The molecule has 160 valence electrons. The van der Waals surface area contributed by atoms with Crippen LogP contribution < -0.4 is 22.5 Å². The SMILES string of the molecule is NCCCCN=C(N)NC(=O)[C@@H]1CCCN1C(=O)[C@H](N)COCc1ccccc1. The van der Waals surface area contributed by atoms with Crippen molar-refractivity contribution >= 4 is 17.8 Å². The van der Waals surface area contributed by atoms with Crippen molar-refractivity contribution < 1.29 is 14.3 Å². The van der Waals surface area contributed by atoms with Gasteiger partial charge in [-0.25, -0.2) is 0 Å². The Bertz CT molecular complexity index is 682. The smallest absolute Gasteiger partial charge is 0.249 e. The van der Waals surface area contributed by atoms with Crippen LogP contribution >= 0.6 is 0 Å². The highest BCUT2D eigenvalue weighted by Crippen LogP contribution is 2.18. The number of nitrogens with one attached hydrogen (secondary N) is 1. The van der Waals surface area contributed by atoms with Crippen molar-refractivity contribution in [3.63, 3.8) is 0 Å². The topological polar surface area (TPSA) is 149 Å². The summed E-state index contributed by atoms with van der Waals surface area (Å²) in [5.41, 5.74) is 18.2. The quantitative estimate of drug-likeness (QED) is 0.239. The Labute approximate surface area is 171 Å². The van der Waals surface area contributed by atoms with Crippen LogP contribution in [-0.4, -0.2) is 61.0 Å². The van der Waals surface area contributed by atoms with Crippen LogP contribution in [0, 0.1) is 0 Å². The summed E-state index contributed by atoms with van der Waals surface area (Å²) in [6, 6.07) is 8.23. The number of hydrogen-bond acceptors (Lipinski definition) is 6. The average molecular weight is 405 g/mol. The molecule has 1 aromatic carbocycles. The Morgan fingerprint density at radius 3 is 2.76 bits per heavy atom. The van der Waals surface area contributed by atoms with E-state index in [9.17, 15) is 9.59 Å². The van der Waals surface area contributed by atoms with Gasteiger partial charge in [0, 0.05) is 13.1 Å². The Morgan fingerprint density at radius 1 is 1.28 bits per heavy atom. The third-order valence-corrected chi connectivity index (χ3v) is 4.71. The first-order chi connectivity index (χ1) is 14.0. The molecule has 0 aliphatic carbocycles. The van der Waals surface area contributed by atoms with E-state index in [1.165, 1.54) is 4.90 Å². The van der Waals surface area contributed by atoms with Crippen molar-refractivity contribution in [1.29, 1.82) is 0 Å². The molecule has 29 heavy (non-hydrogen) atoms. The predicted molar refractivity (Wildman–Crippen MR) is 112 cm³/mol. The van der Waals surface area contributed by atoms with Crippen LogP contribution in [0.5, 0.6) is 0 Å². The first-order valence-corrected chi connectivity index (χ1v) is 10.0. The first-order valence-electron chi connectivity index (χ1n) is 10.0. The maximum absolute atomic E-state index is 12.7. The summed E-state index contributed by atoms with van der Waals surface area (Å²) in [5, 5.41) is 2.58. The lowest BCUT2D eigenvalue weighted by atomic mass is 10.2. The van der Waals surface area contributed by atoms with E-state index in [4.69, 9.17) is 21.9 Å². The summed E-state index contributed by atoms with van der Waals surface area (Å²) in [5.74, 6) is -0.579. The molecule has 9 heteroatoms. The van der Waals surface area contributed by atoms with E-state index < -0.39 is 12.1 Å². The Morgan fingerprint density at radius 2 is 2.03 bits per heavy atom. The zero-order chi connectivity index (χ0) is 21.1. The summed E-state index contributed by atoms with van der Waals surface area (Å²) in [7, 11) is 0. The molecule has 0 bridgehead atoms. The van der Waals surface area contributed by atoms with Gasteiger partial charge >= 0.3 is 0 Å². The zero-order valence-corrected chi connectivity index (χ0v) is 16.8. The van der Waals surface area contributed by atoms with Gasteiger partial charge in [-0.1, -0.05) is 30.3 Å². The molecule has 0 aromatic heterocycles. The molecule has 2 rings (SSSR count). The number of amides is 2. The highest BCUT2D eigenvalue weighted by atomic mass is 16.5. The summed E-state index contributed by atoms with van der Waals surface area (Å²) in [6.45, 7) is 2.04. The van der Waals surface area contributed by atoms with E-state index in [0.29, 0.717) is 32.7 Å². The molecule has 7 N–H and O–H groups in total. The molecule has 1 aromatic rings. The number of rotatable bonds is 10. The van der Waals surface area contributed by atoms with E-state index >= 15 is 0 Å². The number of unbranched alkanes of at least 4 members (excludes halogenated alkanes) is 1. The minimum Gasteiger partial charge on any atom is -0.375 e. The second-order valence-corrected chi connectivity index (χ2v) is 7.05. The Kier molecular flexibility index (Phi) is 9.55. The second kappa shape index (κ2) is 12.2. The number of likely N-dealkylation sites (tertiary alicyclic amines) is 1. The number of benzene rings is 1. The molecule has 2 amide bonds. The van der Waals surface area contributed by atoms with Crippen LogP contribution in [0.2, 0.25) is 0 Å². The van der Waals surface area contributed by atoms with Gasteiger partial charge in [-0.05, 0) is 37.8 Å². The van der Waals surface area contributed by atoms with Gasteiger partial charge in [0.05, 0.1) is 13.2 Å². The van der Waals surface area contributed by atoms with Gasteiger partial charge in [0.25, 0.3) is 0 Å². The minimum atomic E-state index is -0.825. The summed E-state index contributed by atoms with van der Waals surface area (Å²) < 4.78 is 5.57. The van der Waals surface area contributed by atoms with Crippen LogP contribution in [0.25, 0.3) is 0 Å². The van der Waals surface area contributed by atoms with Crippen molar-refractivity contribution in [2.45, 2.75) is 44.4 Å². The number of ether oxygens (including phenoxy) is 1. The number of nitrogens with two attached hydrogens (primary N) is 3. The number of carbonyl (C=O) groups is 2. The fourth-order valence-corrected chi connectivity index (χ4v) is 3.17. The van der Waals surface area contributed by atoms with Gasteiger partial charge in [0.1, 0.15) is 12.1 Å². The third kappa shape index (κ3) is 7.45. The van der Waals surface area contributed by atoms with Gasteiger partial charge in [0.2, 0.25) is 11.8 Å². The van der Waals surface area contributed by atoms with Crippen molar-refractivity contribution in [3.05, 3.63) is 35.9 Å². The van der Waals surface area contributed by atoms with E-state index in [2.05, 4.69) is 10.3 Å². The fraction of sp³-hybridized carbons (Fsp3) is 0.550. The van der Waals surface area contributed by atoms with Crippen LogP contribution in [0.4, 0.5) is 0 Å². The maximum atomic E-state index is 12.7. The second-order valence-electron chi connectivity index (χ2n) is 7.05. The molecule has 0 spiro atoms. The fourth-order valence-electron chi connectivity index (χ4n) is 3.17. The zero-order valence-electron chi connectivity index (χ0n) is 16.8.